The van der Waals surface area contributed by atoms with Gasteiger partial charge in [0.15, 0.2) is 17.3 Å². The van der Waals surface area contributed by atoms with Gasteiger partial charge in [0, 0.05) is 6.07 Å². The first-order valence-corrected chi connectivity index (χ1v) is 7.06. The lowest BCUT2D eigenvalue weighted by atomic mass is 10.3. The number of methoxy groups -OCH3 is 1. The number of aliphatic carboxylic acids is 1. The third-order valence-electron chi connectivity index (χ3n) is 2.05. The molecule has 0 aliphatic rings. The molecule has 106 valence electrons. The van der Waals surface area contributed by atoms with Crippen LogP contribution in [0.1, 0.15) is 6.92 Å². The van der Waals surface area contributed by atoms with Crippen LogP contribution in [0.2, 0.25) is 0 Å². The van der Waals surface area contributed by atoms with E-state index >= 15 is 0 Å². The van der Waals surface area contributed by atoms with Gasteiger partial charge in [0.1, 0.15) is 0 Å². The van der Waals surface area contributed by atoms with Gasteiger partial charge < -0.3 is 14.6 Å². The Morgan fingerprint density at radius 3 is 2.58 bits per heavy atom. The Bertz CT molecular complexity index is 554. The number of ether oxygens (including phenoxy) is 2. The third-order valence-corrected chi connectivity index (χ3v) is 3.22. The molecule has 0 radical (unpaired) electrons. The standard InChI is InChI=1S/C11H15NO6S/c1-3-18-10-6-8(4-5-9(10)17-2)12-19(15,16)7-11(13)14/h4-6,12H,3,7H2,1-2H3,(H,13,14). The molecule has 0 atom stereocenters. The monoisotopic (exact) mass is 289 g/mol. The summed E-state index contributed by atoms with van der Waals surface area (Å²) >= 11 is 0. The lowest BCUT2D eigenvalue weighted by Gasteiger charge is -2.12. The molecule has 0 amide bonds. The maximum atomic E-state index is 11.5. The number of benzene rings is 1. The molecule has 0 saturated carbocycles. The van der Waals surface area contributed by atoms with Crippen molar-refractivity contribution >= 4 is 21.7 Å². The summed E-state index contributed by atoms with van der Waals surface area (Å²) in [7, 11) is -2.47. The number of carbonyl (C=O) groups is 1. The van der Waals surface area contributed by atoms with Crippen molar-refractivity contribution in [1.29, 1.82) is 0 Å². The summed E-state index contributed by atoms with van der Waals surface area (Å²) in [4.78, 5) is 10.4. The van der Waals surface area contributed by atoms with Gasteiger partial charge in [0.2, 0.25) is 10.0 Å². The van der Waals surface area contributed by atoms with E-state index in [9.17, 15) is 13.2 Å². The van der Waals surface area contributed by atoms with Gasteiger partial charge in [-0.25, -0.2) is 8.42 Å². The molecule has 0 aliphatic carbocycles. The highest BCUT2D eigenvalue weighted by molar-refractivity contribution is 7.93. The second-order valence-corrected chi connectivity index (χ2v) is 5.28. The van der Waals surface area contributed by atoms with E-state index in [0.29, 0.717) is 18.1 Å². The van der Waals surface area contributed by atoms with Gasteiger partial charge in [-0.2, -0.15) is 0 Å². The summed E-state index contributed by atoms with van der Waals surface area (Å²) < 4.78 is 35.4. The number of hydrogen-bond acceptors (Lipinski definition) is 5. The summed E-state index contributed by atoms with van der Waals surface area (Å²) in [6.45, 7) is 2.17. The average molecular weight is 289 g/mol. The summed E-state index contributed by atoms with van der Waals surface area (Å²) in [6, 6.07) is 4.42. The highest BCUT2D eigenvalue weighted by Crippen LogP contribution is 2.30. The Hall–Kier alpha value is -1.96. The van der Waals surface area contributed by atoms with Crippen LogP contribution < -0.4 is 14.2 Å². The predicted octanol–water partition coefficient (Wildman–Crippen LogP) is 0.920. The van der Waals surface area contributed by atoms with E-state index in [-0.39, 0.29) is 5.69 Å². The highest BCUT2D eigenvalue weighted by atomic mass is 32.2. The van der Waals surface area contributed by atoms with E-state index < -0.39 is 21.7 Å². The van der Waals surface area contributed by atoms with Crippen LogP contribution in [0, 0.1) is 0 Å². The van der Waals surface area contributed by atoms with Gasteiger partial charge in [-0.15, -0.1) is 0 Å². The zero-order valence-corrected chi connectivity index (χ0v) is 11.4. The van der Waals surface area contributed by atoms with Gasteiger partial charge in [-0.05, 0) is 19.1 Å². The van der Waals surface area contributed by atoms with Crippen molar-refractivity contribution in [3.05, 3.63) is 18.2 Å². The van der Waals surface area contributed by atoms with E-state index in [1.54, 1.807) is 6.92 Å². The van der Waals surface area contributed by atoms with Gasteiger partial charge in [0.05, 0.1) is 19.4 Å². The molecule has 0 unspecified atom stereocenters. The number of carboxylic acid groups (broad SMARTS) is 1. The summed E-state index contributed by atoms with van der Waals surface area (Å²) in [5.74, 6) is -1.59. The van der Waals surface area contributed by atoms with Crippen LogP contribution in [0.5, 0.6) is 11.5 Å². The molecule has 1 rings (SSSR count). The van der Waals surface area contributed by atoms with Crippen LogP contribution in [-0.2, 0) is 14.8 Å². The fourth-order valence-electron chi connectivity index (χ4n) is 1.39. The fraction of sp³-hybridized carbons (Fsp3) is 0.364. The summed E-state index contributed by atoms with van der Waals surface area (Å²) in [6.07, 6.45) is 0. The largest absolute Gasteiger partial charge is 0.493 e. The Labute approximate surface area is 111 Å². The zero-order valence-electron chi connectivity index (χ0n) is 10.5. The smallest absolute Gasteiger partial charge is 0.320 e. The highest BCUT2D eigenvalue weighted by Gasteiger charge is 2.16. The van der Waals surface area contributed by atoms with Crippen molar-refractivity contribution in [3.8, 4) is 11.5 Å². The minimum atomic E-state index is -3.93. The van der Waals surface area contributed by atoms with E-state index in [4.69, 9.17) is 14.6 Å². The Kier molecular flexibility index (Phi) is 4.99. The van der Waals surface area contributed by atoms with Gasteiger partial charge in [-0.1, -0.05) is 0 Å². The Morgan fingerprint density at radius 1 is 1.37 bits per heavy atom. The number of rotatable bonds is 7. The van der Waals surface area contributed by atoms with Crippen LogP contribution >= 0.6 is 0 Å². The number of nitrogens with one attached hydrogen (secondary N) is 1. The van der Waals surface area contributed by atoms with Crippen molar-refractivity contribution < 1.29 is 27.8 Å². The Balaban J connectivity index is 2.96. The van der Waals surface area contributed by atoms with E-state index in [2.05, 4.69) is 4.72 Å². The van der Waals surface area contributed by atoms with E-state index in [1.165, 1.54) is 25.3 Å². The summed E-state index contributed by atoms with van der Waals surface area (Å²) in [5.41, 5.74) is 0.213. The quantitative estimate of drug-likeness (QED) is 0.774. The van der Waals surface area contributed by atoms with Gasteiger partial charge >= 0.3 is 5.97 Å². The van der Waals surface area contributed by atoms with Crippen molar-refractivity contribution in [2.24, 2.45) is 0 Å². The van der Waals surface area contributed by atoms with Crippen molar-refractivity contribution in [3.63, 3.8) is 0 Å². The maximum absolute atomic E-state index is 11.5. The van der Waals surface area contributed by atoms with Gasteiger partial charge in [0.25, 0.3) is 0 Å². The predicted molar refractivity (Wildman–Crippen MR) is 69.2 cm³/mol. The molecule has 1 aromatic rings. The van der Waals surface area contributed by atoms with Crippen LogP contribution in [0.3, 0.4) is 0 Å². The fourth-order valence-corrected chi connectivity index (χ4v) is 2.27. The molecule has 0 fully saturated rings. The normalized spacial score (nSPS) is 10.8. The SMILES string of the molecule is CCOc1cc(NS(=O)(=O)CC(=O)O)ccc1OC. The number of sulfonamides is 1. The van der Waals surface area contributed by atoms with Crippen LogP contribution in [0.15, 0.2) is 18.2 Å². The number of anilines is 1. The van der Waals surface area contributed by atoms with Crippen molar-refractivity contribution in [2.75, 3.05) is 24.2 Å². The molecule has 1 aromatic carbocycles. The molecule has 0 saturated heterocycles. The molecule has 0 bridgehead atoms. The first-order chi connectivity index (χ1) is 8.88. The Morgan fingerprint density at radius 2 is 2.05 bits per heavy atom. The molecule has 0 aromatic heterocycles. The molecular weight excluding hydrogens is 274 g/mol. The molecule has 0 heterocycles. The van der Waals surface area contributed by atoms with Crippen LogP contribution in [0.25, 0.3) is 0 Å². The van der Waals surface area contributed by atoms with Crippen molar-refractivity contribution in [2.45, 2.75) is 6.92 Å². The number of carboxylic acids is 1. The minimum absolute atomic E-state index is 0.213. The maximum Gasteiger partial charge on any atom is 0.320 e. The topological polar surface area (TPSA) is 102 Å². The zero-order chi connectivity index (χ0) is 14.5. The summed E-state index contributed by atoms with van der Waals surface area (Å²) in [5, 5.41) is 8.48. The van der Waals surface area contributed by atoms with Crippen molar-refractivity contribution in [1.82, 2.24) is 0 Å². The van der Waals surface area contributed by atoms with Crippen LogP contribution in [0.4, 0.5) is 5.69 Å². The second kappa shape index (κ2) is 6.28. The lowest BCUT2D eigenvalue weighted by molar-refractivity contribution is -0.134. The lowest BCUT2D eigenvalue weighted by Crippen LogP contribution is -2.22. The molecular formula is C11H15NO6S. The van der Waals surface area contributed by atoms with Crippen LogP contribution in [-0.4, -0.2) is 39.0 Å². The second-order valence-electron chi connectivity index (χ2n) is 3.55. The third kappa shape index (κ3) is 4.66. The molecule has 2 N–H and O–H groups in total. The minimum Gasteiger partial charge on any atom is -0.493 e. The average Bonchev–Trinajstić information content (AvgIpc) is 2.27. The first-order valence-electron chi connectivity index (χ1n) is 5.41. The number of hydrogen-bond donors (Lipinski definition) is 2. The van der Waals surface area contributed by atoms with E-state index in [1.807, 2.05) is 0 Å². The molecule has 0 spiro atoms. The van der Waals surface area contributed by atoms with E-state index in [0.717, 1.165) is 0 Å². The molecule has 7 nitrogen and oxygen atoms in total. The molecule has 19 heavy (non-hydrogen) atoms. The molecule has 8 heteroatoms. The van der Waals surface area contributed by atoms with Gasteiger partial charge in [-0.3, -0.25) is 9.52 Å². The molecule has 0 aliphatic heterocycles. The first kappa shape index (κ1) is 15.1.